The number of ketones is 1. The molecule has 228 valence electrons. The second kappa shape index (κ2) is 13.2. The fourth-order valence-electron chi connectivity index (χ4n) is 6.13. The van der Waals surface area contributed by atoms with Gasteiger partial charge in [-0.05, 0) is 56.4 Å². The summed E-state index contributed by atoms with van der Waals surface area (Å²) in [6.07, 6.45) is 1.33. The molecule has 1 amide bonds. The third kappa shape index (κ3) is 7.18. The van der Waals surface area contributed by atoms with Crippen molar-refractivity contribution in [2.45, 2.75) is 104 Å². The molecule has 0 radical (unpaired) electrons. The van der Waals surface area contributed by atoms with Crippen LogP contribution in [0.25, 0.3) is 6.08 Å². The largest absolute Gasteiger partial charge is 0.458 e. The average Bonchev–Trinajstić information content (AvgIpc) is 3.47. The number of Topliss-reactive ketones (excluding diaryl/α,β-unsaturated/α-hetero) is 1. The van der Waals surface area contributed by atoms with Crippen LogP contribution in [0.3, 0.4) is 0 Å². The normalized spacial score (nSPS) is 31.3. The van der Waals surface area contributed by atoms with Gasteiger partial charge in [0.25, 0.3) is 5.91 Å². The summed E-state index contributed by atoms with van der Waals surface area (Å²) in [5.74, 6) is -1.83. The van der Waals surface area contributed by atoms with Crippen LogP contribution in [0.15, 0.2) is 41.3 Å². The Bertz CT molecular complexity index is 1300. The number of aryl methyl sites for hydroxylation is 1. The summed E-state index contributed by atoms with van der Waals surface area (Å²) in [7, 11) is 0. The van der Waals surface area contributed by atoms with Gasteiger partial charge in [0.15, 0.2) is 0 Å². The molecule has 2 aliphatic heterocycles. The minimum atomic E-state index is -1.29. The maximum Gasteiger partial charge on any atom is 0.309 e. The molecule has 0 saturated carbocycles. The Balaban J connectivity index is 1.65. The molecule has 2 fully saturated rings. The summed E-state index contributed by atoms with van der Waals surface area (Å²) in [4.78, 5) is 46.6. The number of aromatic nitrogens is 1. The van der Waals surface area contributed by atoms with Gasteiger partial charge in [-0.1, -0.05) is 52.3 Å². The third-order valence-corrected chi connectivity index (χ3v) is 9.86. The van der Waals surface area contributed by atoms with E-state index in [2.05, 4.69) is 4.98 Å². The van der Waals surface area contributed by atoms with Gasteiger partial charge in [0, 0.05) is 23.3 Å². The highest BCUT2D eigenvalue weighted by Crippen LogP contribution is 2.40. The van der Waals surface area contributed by atoms with Crippen LogP contribution in [-0.2, 0) is 14.3 Å². The summed E-state index contributed by atoms with van der Waals surface area (Å²) >= 11 is 1.53. The highest BCUT2D eigenvalue weighted by Gasteiger charge is 2.52. The highest BCUT2D eigenvalue weighted by atomic mass is 32.1. The summed E-state index contributed by atoms with van der Waals surface area (Å²) in [5, 5.41) is 24.9. The number of rotatable bonds is 3. The van der Waals surface area contributed by atoms with E-state index in [0.717, 1.165) is 29.1 Å². The van der Waals surface area contributed by atoms with Gasteiger partial charge in [-0.25, -0.2) is 4.98 Å². The van der Waals surface area contributed by atoms with E-state index in [9.17, 15) is 24.6 Å². The van der Waals surface area contributed by atoms with Gasteiger partial charge < -0.3 is 19.8 Å². The number of fused-ring (bicyclic) bond motifs is 1. The molecule has 0 bridgehead atoms. The minimum absolute atomic E-state index is 0.0333. The van der Waals surface area contributed by atoms with Crippen LogP contribution in [-0.4, -0.2) is 68.2 Å². The number of carbonyl (C=O) groups excluding carboxylic acids is 3. The number of amides is 1. The van der Waals surface area contributed by atoms with Crippen molar-refractivity contribution in [3.05, 3.63) is 57.6 Å². The monoisotopic (exact) mass is 596 g/mol. The summed E-state index contributed by atoms with van der Waals surface area (Å²) < 4.78 is 6.00. The standard InChI is InChI=1S/C33H44N2O6S/c1-19-11-10-14-25-26(35(25)32(40)23-12-8-7-9-13-23)16-27(20(2)15-24-18-42-22(4)34-24)41-29(37)17-28(36)33(5,6)31(39)21(3)30(19)38/h7-9,12-13,15,18-19,21,25-28,30,36,38H,10-11,14,16-17H2,1-6H3/t19-,21+,25+,26?,27?,28-,30-,35?/m0/s1. The van der Waals surface area contributed by atoms with E-state index in [1.807, 2.05) is 55.3 Å². The number of cyclic esters (lactones) is 1. The molecule has 9 heteroatoms. The summed E-state index contributed by atoms with van der Waals surface area (Å²) in [6.45, 7) is 10.6. The smallest absolute Gasteiger partial charge is 0.309 e. The fourth-order valence-corrected chi connectivity index (χ4v) is 6.70. The van der Waals surface area contributed by atoms with Crippen LogP contribution in [0.2, 0.25) is 0 Å². The lowest BCUT2D eigenvalue weighted by molar-refractivity contribution is -0.154. The predicted octanol–water partition coefficient (Wildman–Crippen LogP) is 5.21. The Morgan fingerprint density at radius 3 is 2.45 bits per heavy atom. The number of hydrogen-bond acceptors (Lipinski definition) is 8. The number of hydrogen-bond donors (Lipinski definition) is 2. The molecule has 2 N–H and O–H groups in total. The zero-order valence-electron chi connectivity index (χ0n) is 25.4. The first-order valence-electron chi connectivity index (χ1n) is 14.9. The zero-order chi connectivity index (χ0) is 30.8. The zero-order valence-corrected chi connectivity index (χ0v) is 26.3. The van der Waals surface area contributed by atoms with E-state index < -0.39 is 35.6 Å². The Morgan fingerprint density at radius 1 is 1.12 bits per heavy atom. The Hall–Kier alpha value is -2.88. The van der Waals surface area contributed by atoms with Crippen LogP contribution in [0.4, 0.5) is 0 Å². The number of aliphatic hydroxyl groups is 2. The van der Waals surface area contributed by atoms with E-state index in [1.54, 1.807) is 32.9 Å². The molecule has 0 aliphatic carbocycles. The third-order valence-electron chi connectivity index (χ3n) is 9.07. The van der Waals surface area contributed by atoms with Crippen molar-refractivity contribution in [1.29, 1.82) is 0 Å². The van der Waals surface area contributed by atoms with Crippen molar-refractivity contribution in [3.8, 4) is 0 Å². The van der Waals surface area contributed by atoms with Gasteiger partial charge in [-0.3, -0.25) is 14.4 Å². The molecule has 4 rings (SSSR count). The highest BCUT2D eigenvalue weighted by molar-refractivity contribution is 7.09. The molecule has 42 heavy (non-hydrogen) atoms. The summed E-state index contributed by atoms with van der Waals surface area (Å²) in [5.41, 5.74) is 0.921. The quantitative estimate of drug-likeness (QED) is 0.369. The van der Waals surface area contributed by atoms with Crippen LogP contribution in [0.5, 0.6) is 0 Å². The van der Waals surface area contributed by atoms with E-state index in [1.165, 1.54) is 11.3 Å². The van der Waals surface area contributed by atoms with Crippen molar-refractivity contribution >= 4 is 35.1 Å². The predicted molar refractivity (Wildman–Crippen MR) is 163 cm³/mol. The lowest BCUT2D eigenvalue weighted by Crippen LogP contribution is -2.45. The van der Waals surface area contributed by atoms with Crippen LogP contribution < -0.4 is 0 Å². The molecule has 1 aromatic heterocycles. The van der Waals surface area contributed by atoms with Crippen molar-refractivity contribution in [3.63, 3.8) is 0 Å². The van der Waals surface area contributed by atoms with E-state index in [0.29, 0.717) is 18.4 Å². The second-order valence-electron chi connectivity index (χ2n) is 12.6. The van der Waals surface area contributed by atoms with Crippen molar-refractivity contribution < 1.29 is 29.3 Å². The maximum absolute atomic E-state index is 13.5. The molecule has 7 atom stereocenters. The molecule has 1 aromatic carbocycles. The lowest BCUT2D eigenvalue weighted by atomic mass is 9.73. The summed E-state index contributed by atoms with van der Waals surface area (Å²) in [6, 6.07) is 9.00. The molecular formula is C33H44N2O6S. The van der Waals surface area contributed by atoms with Gasteiger partial charge in [-0.15, -0.1) is 11.3 Å². The van der Waals surface area contributed by atoms with Gasteiger partial charge in [-0.2, -0.15) is 0 Å². The molecule has 2 aliphatic rings. The van der Waals surface area contributed by atoms with Crippen molar-refractivity contribution in [2.75, 3.05) is 0 Å². The molecule has 8 nitrogen and oxygen atoms in total. The molecule has 0 spiro atoms. The number of aliphatic hydroxyl groups excluding tert-OH is 2. The Kier molecular flexibility index (Phi) is 10.1. The SMILES string of the molecule is CC(=Cc1csc(C)n1)C1CC2[C@@H](CCC[C@H](C)[C@H](O)[C@@H](C)C(=O)C(C)(C)[C@@H](O)CC(=O)O1)N2C(=O)c1ccccc1. The van der Waals surface area contributed by atoms with Gasteiger partial charge in [0.1, 0.15) is 11.9 Å². The van der Waals surface area contributed by atoms with Crippen LogP contribution >= 0.6 is 11.3 Å². The Labute approximate surface area is 252 Å². The number of ether oxygens (including phenoxy) is 1. The first kappa shape index (κ1) is 32.0. The second-order valence-corrected chi connectivity index (χ2v) is 13.7. The van der Waals surface area contributed by atoms with Crippen LogP contribution in [0, 0.1) is 24.2 Å². The number of nitrogens with zero attached hydrogens (tertiary/aromatic N) is 2. The van der Waals surface area contributed by atoms with Gasteiger partial charge in [0.05, 0.1) is 46.8 Å². The number of benzene rings is 1. The molecule has 2 aromatic rings. The first-order chi connectivity index (χ1) is 19.8. The molecule has 2 unspecified atom stereocenters. The maximum atomic E-state index is 13.5. The first-order valence-corrected chi connectivity index (χ1v) is 15.8. The molecule has 2 saturated heterocycles. The number of esters is 1. The lowest BCUT2D eigenvalue weighted by Gasteiger charge is -2.34. The van der Waals surface area contributed by atoms with E-state index >= 15 is 0 Å². The van der Waals surface area contributed by atoms with Crippen molar-refractivity contribution in [2.24, 2.45) is 17.3 Å². The van der Waals surface area contributed by atoms with E-state index in [-0.39, 0.29) is 36.1 Å². The van der Waals surface area contributed by atoms with Gasteiger partial charge >= 0.3 is 5.97 Å². The fraction of sp³-hybridized carbons (Fsp3) is 0.576. The Morgan fingerprint density at radius 2 is 1.81 bits per heavy atom. The van der Waals surface area contributed by atoms with Crippen molar-refractivity contribution in [1.82, 2.24) is 9.88 Å². The molecular weight excluding hydrogens is 552 g/mol. The number of thiazole rings is 1. The minimum Gasteiger partial charge on any atom is -0.458 e. The molecule has 3 heterocycles. The van der Waals surface area contributed by atoms with E-state index in [4.69, 9.17) is 4.74 Å². The van der Waals surface area contributed by atoms with Gasteiger partial charge in [0.2, 0.25) is 0 Å². The van der Waals surface area contributed by atoms with Crippen LogP contribution in [0.1, 0.15) is 87.8 Å². The number of carbonyl (C=O) groups is 3. The average molecular weight is 597 g/mol. The topological polar surface area (TPSA) is 117 Å².